The van der Waals surface area contributed by atoms with Gasteiger partial charge in [0.05, 0.1) is 22.9 Å². The molecule has 1 aliphatic carbocycles. The zero-order valence-corrected chi connectivity index (χ0v) is 17.6. The van der Waals surface area contributed by atoms with Crippen molar-refractivity contribution in [2.45, 2.75) is 26.2 Å². The summed E-state index contributed by atoms with van der Waals surface area (Å²) >= 11 is 11.9. The van der Waals surface area contributed by atoms with Crippen molar-refractivity contribution in [2.75, 3.05) is 20.3 Å². The first kappa shape index (κ1) is 21.4. The van der Waals surface area contributed by atoms with Gasteiger partial charge in [0.25, 0.3) is 11.8 Å². The standard InChI is InChI=1S/C20H21Cl2N3O4/c1-11-17-15(24-25-19(26)13-7-6-12(21)10-14(13)22)4-3-5-16(17)29-18(11)20(27)23-8-9-28-2/h6-7,10H,3-5,8-9H2,1-2H3,(H,23,27)(H,25,26)/b24-15+. The monoisotopic (exact) mass is 437 g/mol. The highest BCUT2D eigenvalue weighted by Gasteiger charge is 2.28. The number of carbonyl (C=O) groups excluding carboxylic acids is 2. The lowest BCUT2D eigenvalue weighted by atomic mass is 9.93. The van der Waals surface area contributed by atoms with Crippen LogP contribution < -0.4 is 10.7 Å². The molecule has 0 atom stereocenters. The third-order valence-electron chi connectivity index (χ3n) is 4.59. The number of aryl methyl sites for hydroxylation is 1. The highest BCUT2D eigenvalue weighted by Crippen LogP contribution is 2.30. The van der Waals surface area contributed by atoms with Crippen LogP contribution in [0.2, 0.25) is 10.0 Å². The highest BCUT2D eigenvalue weighted by atomic mass is 35.5. The van der Waals surface area contributed by atoms with Gasteiger partial charge in [-0.25, -0.2) is 5.43 Å². The van der Waals surface area contributed by atoms with Crippen LogP contribution in [0.1, 0.15) is 50.6 Å². The fraction of sp³-hybridized carbons (Fsp3) is 0.350. The summed E-state index contributed by atoms with van der Waals surface area (Å²) in [5.41, 5.74) is 4.96. The van der Waals surface area contributed by atoms with Crippen molar-refractivity contribution >= 4 is 40.7 Å². The van der Waals surface area contributed by atoms with Crippen molar-refractivity contribution in [3.05, 3.63) is 56.5 Å². The number of nitrogens with zero attached hydrogens (tertiary/aromatic N) is 1. The third kappa shape index (κ3) is 4.80. The summed E-state index contributed by atoms with van der Waals surface area (Å²) in [7, 11) is 1.57. The maximum absolute atomic E-state index is 12.4. The summed E-state index contributed by atoms with van der Waals surface area (Å²) in [4.78, 5) is 24.8. The number of benzene rings is 1. The molecule has 29 heavy (non-hydrogen) atoms. The Morgan fingerprint density at radius 3 is 2.76 bits per heavy atom. The Morgan fingerprint density at radius 2 is 2.03 bits per heavy atom. The number of fused-ring (bicyclic) bond motifs is 1. The predicted octanol–water partition coefficient (Wildman–Crippen LogP) is 3.74. The van der Waals surface area contributed by atoms with Gasteiger partial charge in [0.15, 0.2) is 5.76 Å². The minimum absolute atomic E-state index is 0.244. The lowest BCUT2D eigenvalue weighted by Crippen LogP contribution is -2.27. The van der Waals surface area contributed by atoms with Crippen molar-refractivity contribution in [2.24, 2.45) is 5.10 Å². The first-order valence-electron chi connectivity index (χ1n) is 9.14. The summed E-state index contributed by atoms with van der Waals surface area (Å²) in [5.74, 6) is 0.214. The van der Waals surface area contributed by atoms with E-state index < -0.39 is 5.91 Å². The Hall–Kier alpha value is -2.35. The van der Waals surface area contributed by atoms with Crippen molar-refractivity contribution in [1.29, 1.82) is 0 Å². The third-order valence-corrected chi connectivity index (χ3v) is 5.14. The fourth-order valence-electron chi connectivity index (χ4n) is 3.20. The predicted molar refractivity (Wildman–Crippen MR) is 111 cm³/mol. The van der Waals surface area contributed by atoms with Crippen molar-refractivity contribution in [3.63, 3.8) is 0 Å². The summed E-state index contributed by atoms with van der Waals surface area (Å²) in [6.45, 7) is 2.61. The van der Waals surface area contributed by atoms with Crippen LogP contribution in [0.3, 0.4) is 0 Å². The molecule has 0 aliphatic heterocycles. The van der Waals surface area contributed by atoms with Crippen molar-refractivity contribution in [3.8, 4) is 0 Å². The Labute approximate surface area is 178 Å². The number of hydrazone groups is 1. The van der Waals surface area contributed by atoms with Crippen LogP contribution in [0.5, 0.6) is 0 Å². The quantitative estimate of drug-likeness (QED) is 0.531. The van der Waals surface area contributed by atoms with Gasteiger partial charge in [-0.15, -0.1) is 0 Å². The first-order chi connectivity index (χ1) is 13.9. The molecule has 2 N–H and O–H groups in total. The SMILES string of the molecule is COCCNC(=O)c1oc2c(c1C)/C(=N/NC(=O)c1ccc(Cl)cc1Cl)CCC2. The molecule has 0 radical (unpaired) electrons. The molecule has 0 saturated heterocycles. The van der Waals surface area contributed by atoms with Crippen LogP contribution in [0, 0.1) is 6.92 Å². The van der Waals surface area contributed by atoms with Crippen LogP contribution >= 0.6 is 23.2 Å². The van der Waals surface area contributed by atoms with E-state index in [1.807, 2.05) is 6.92 Å². The number of rotatable bonds is 6. The number of halogens is 2. The maximum atomic E-state index is 12.4. The van der Waals surface area contributed by atoms with E-state index in [4.69, 9.17) is 32.4 Å². The van der Waals surface area contributed by atoms with Gasteiger partial charge >= 0.3 is 0 Å². The number of furan rings is 1. The molecule has 0 bridgehead atoms. The van der Waals surface area contributed by atoms with Gasteiger partial charge in [0, 0.05) is 36.2 Å². The number of carbonyl (C=O) groups is 2. The van der Waals surface area contributed by atoms with Crippen LogP contribution in [0.25, 0.3) is 0 Å². The number of amides is 2. The molecule has 9 heteroatoms. The van der Waals surface area contributed by atoms with Crippen LogP contribution in [0.4, 0.5) is 0 Å². The Morgan fingerprint density at radius 1 is 1.24 bits per heavy atom. The van der Waals surface area contributed by atoms with Crippen LogP contribution in [-0.2, 0) is 11.2 Å². The molecule has 2 amide bonds. The number of nitrogens with one attached hydrogen (secondary N) is 2. The molecule has 1 heterocycles. The van der Waals surface area contributed by atoms with Crippen molar-refractivity contribution in [1.82, 2.24) is 10.7 Å². The molecule has 154 valence electrons. The van der Waals surface area contributed by atoms with E-state index in [0.717, 1.165) is 12.0 Å². The molecule has 0 fully saturated rings. The molecular weight excluding hydrogens is 417 g/mol. The molecule has 3 rings (SSSR count). The molecule has 1 aromatic heterocycles. The summed E-state index contributed by atoms with van der Waals surface area (Å²) < 4.78 is 10.7. The van der Waals surface area contributed by atoms with Gasteiger partial charge in [-0.2, -0.15) is 5.10 Å². The van der Waals surface area contributed by atoms with Gasteiger partial charge in [-0.1, -0.05) is 23.2 Å². The summed E-state index contributed by atoms with van der Waals surface area (Å²) in [5, 5.41) is 7.73. The molecule has 1 aliphatic rings. The minimum atomic E-state index is -0.440. The van der Waals surface area contributed by atoms with E-state index in [1.54, 1.807) is 13.2 Å². The Kier molecular flexibility index (Phi) is 6.95. The van der Waals surface area contributed by atoms with E-state index in [1.165, 1.54) is 12.1 Å². The lowest BCUT2D eigenvalue weighted by molar-refractivity contribution is 0.0906. The minimum Gasteiger partial charge on any atom is -0.455 e. The number of hydrogen-bond donors (Lipinski definition) is 2. The smallest absolute Gasteiger partial charge is 0.287 e. The van der Waals surface area contributed by atoms with E-state index in [9.17, 15) is 9.59 Å². The molecule has 2 aromatic rings. The van der Waals surface area contributed by atoms with Gasteiger partial charge < -0.3 is 14.5 Å². The second-order valence-corrected chi connectivity index (χ2v) is 7.42. The van der Waals surface area contributed by atoms with E-state index in [-0.39, 0.29) is 22.3 Å². The zero-order valence-electron chi connectivity index (χ0n) is 16.1. The van der Waals surface area contributed by atoms with Gasteiger partial charge in [0.2, 0.25) is 0 Å². The van der Waals surface area contributed by atoms with Crippen LogP contribution in [-0.4, -0.2) is 37.8 Å². The largest absolute Gasteiger partial charge is 0.455 e. The Balaban J connectivity index is 1.81. The summed E-state index contributed by atoms with van der Waals surface area (Å²) in [6.07, 6.45) is 2.17. The lowest BCUT2D eigenvalue weighted by Gasteiger charge is -2.13. The van der Waals surface area contributed by atoms with Gasteiger partial charge in [-0.3, -0.25) is 9.59 Å². The average Bonchev–Trinajstić information content (AvgIpc) is 3.03. The van der Waals surface area contributed by atoms with Crippen molar-refractivity contribution < 1.29 is 18.7 Å². The molecule has 0 spiro atoms. The molecule has 1 aromatic carbocycles. The number of ether oxygens (including phenoxy) is 1. The zero-order chi connectivity index (χ0) is 21.0. The van der Waals surface area contributed by atoms with Crippen LogP contribution in [0.15, 0.2) is 27.7 Å². The van der Waals surface area contributed by atoms with E-state index in [2.05, 4.69) is 15.8 Å². The molecular formula is C20H21Cl2N3O4. The average molecular weight is 438 g/mol. The Bertz CT molecular complexity index is 969. The first-order valence-corrected chi connectivity index (χ1v) is 9.89. The fourth-order valence-corrected chi connectivity index (χ4v) is 3.69. The number of hydrogen-bond acceptors (Lipinski definition) is 5. The molecule has 0 saturated carbocycles. The van der Waals surface area contributed by atoms with Gasteiger partial charge in [0.1, 0.15) is 5.76 Å². The topological polar surface area (TPSA) is 92.9 Å². The van der Waals surface area contributed by atoms with E-state index in [0.29, 0.717) is 48.1 Å². The summed E-state index contributed by atoms with van der Waals surface area (Å²) in [6, 6.07) is 4.62. The maximum Gasteiger partial charge on any atom is 0.287 e. The van der Waals surface area contributed by atoms with E-state index >= 15 is 0 Å². The number of methoxy groups -OCH3 is 1. The normalized spacial score (nSPS) is 14.6. The molecule has 7 nitrogen and oxygen atoms in total. The second-order valence-electron chi connectivity index (χ2n) is 6.58. The van der Waals surface area contributed by atoms with Gasteiger partial charge in [-0.05, 0) is 38.0 Å². The molecule has 0 unspecified atom stereocenters. The second kappa shape index (κ2) is 9.43. The highest BCUT2D eigenvalue weighted by molar-refractivity contribution is 6.36.